The van der Waals surface area contributed by atoms with Crippen molar-refractivity contribution in [3.8, 4) is 0 Å². The summed E-state index contributed by atoms with van der Waals surface area (Å²) in [5.41, 5.74) is 0.130. The normalized spacial score (nSPS) is 27.2. The monoisotopic (exact) mass is 165 g/mol. The van der Waals surface area contributed by atoms with E-state index in [0.717, 1.165) is 0 Å². The number of hydrogen-bond donors (Lipinski definition) is 0. The molecule has 1 rings (SSSR count). The minimum Gasteiger partial charge on any atom is -0.464 e. The first-order valence-electron chi connectivity index (χ1n) is 3.24. The average Bonchev–Trinajstić information content (AvgIpc) is 2.02. The van der Waals surface area contributed by atoms with Gasteiger partial charge in [-0.3, -0.25) is 0 Å². The van der Waals surface area contributed by atoms with Crippen molar-refractivity contribution in [1.82, 2.24) is 0 Å². The Morgan fingerprint density at radius 2 is 2.33 bits per heavy atom. The van der Waals surface area contributed by atoms with E-state index in [-0.39, 0.29) is 5.70 Å². The summed E-state index contributed by atoms with van der Waals surface area (Å²) >= 11 is 0. The number of carbonyl (C=O) groups excluding carboxylic acids is 1. The second-order valence-electron chi connectivity index (χ2n) is 1.88. The van der Waals surface area contributed by atoms with Crippen LogP contribution in [0.2, 0.25) is 0 Å². The van der Waals surface area contributed by atoms with Crippen molar-refractivity contribution in [1.29, 1.82) is 0 Å². The van der Waals surface area contributed by atoms with Crippen LogP contribution in [-0.4, -0.2) is 19.3 Å². The molecule has 0 atom stereocenters. The SMILES string of the molecule is COC(=O)C1=C/C=C\C=N/N=N\1. The van der Waals surface area contributed by atoms with Crippen LogP contribution < -0.4 is 0 Å². The Morgan fingerprint density at radius 3 is 3.08 bits per heavy atom. The highest BCUT2D eigenvalue weighted by Gasteiger charge is 2.06. The van der Waals surface area contributed by atoms with Gasteiger partial charge in [0.2, 0.25) is 0 Å². The van der Waals surface area contributed by atoms with E-state index >= 15 is 0 Å². The predicted octanol–water partition coefficient (Wildman–Crippen LogP) is 1.05. The third-order valence-electron chi connectivity index (χ3n) is 1.12. The molecule has 1 heterocycles. The van der Waals surface area contributed by atoms with Gasteiger partial charge in [-0.15, -0.1) is 10.2 Å². The summed E-state index contributed by atoms with van der Waals surface area (Å²) in [4.78, 5) is 10.9. The van der Waals surface area contributed by atoms with Gasteiger partial charge in [-0.1, -0.05) is 6.08 Å². The van der Waals surface area contributed by atoms with E-state index < -0.39 is 5.97 Å². The molecule has 0 aliphatic carbocycles. The summed E-state index contributed by atoms with van der Waals surface area (Å²) in [6.07, 6.45) is 6.24. The number of methoxy groups -OCH3 is 1. The molecule has 0 fully saturated rings. The fourth-order valence-electron chi connectivity index (χ4n) is 0.585. The summed E-state index contributed by atoms with van der Waals surface area (Å²) in [7, 11) is 1.28. The molecule has 0 N–H and O–H groups in total. The van der Waals surface area contributed by atoms with Gasteiger partial charge in [0.15, 0.2) is 5.70 Å². The van der Waals surface area contributed by atoms with Crippen molar-refractivity contribution < 1.29 is 9.53 Å². The van der Waals surface area contributed by atoms with E-state index in [1.54, 1.807) is 12.2 Å². The molecule has 0 aromatic carbocycles. The highest BCUT2D eigenvalue weighted by atomic mass is 16.5. The summed E-state index contributed by atoms with van der Waals surface area (Å²) < 4.78 is 4.44. The smallest absolute Gasteiger partial charge is 0.358 e. The quantitative estimate of drug-likeness (QED) is 0.545. The van der Waals surface area contributed by atoms with E-state index in [1.807, 2.05) is 0 Å². The second kappa shape index (κ2) is 4.17. The number of allylic oxidation sites excluding steroid dienone is 3. The number of hydrogen-bond acceptors (Lipinski definition) is 5. The van der Waals surface area contributed by atoms with Crippen LogP contribution in [0.4, 0.5) is 0 Å². The molecule has 0 bridgehead atoms. The maximum Gasteiger partial charge on any atom is 0.358 e. The lowest BCUT2D eigenvalue weighted by Crippen LogP contribution is -2.02. The van der Waals surface area contributed by atoms with E-state index in [0.29, 0.717) is 0 Å². The zero-order valence-corrected chi connectivity index (χ0v) is 6.47. The summed E-state index contributed by atoms with van der Waals surface area (Å²) in [5, 5.41) is 10.4. The minimum absolute atomic E-state index is 0.130. The first kappa shape index (κ1) is 8.32. The van der Waals surface area contributed by atoms with Crippen LogP contribution >= 0.6 is 0 Å². The van der Waals surface area contributed by atoms with E-state index in [9.17, 15) is 4.79 Å². The summed E-state index contributed by atoms with van der Waals surface area (Å²) in [5.74, 6) is -0.527. The third-order valence-corrected chi connectivity index (χ3v) is 1.12. The van der Waals surface area contributed by atoms with Crippen LogP contribution in [-0.2, 0) is 9.53 Å². The van der Waals surface area contributed by atoms with Crippen molar-refractivity contribution in [2.24, 2.45) is 15.4 Å². The molecule has 0 radical (unpaired) electrons. The second-order valence-corrected chi connectivity index (χ2v) is 1.88. The fourth-order valence-corrected chi connectivity index (χ4v) is 0.585. The van der Waals surface area contributed by atoms with Crippen LogP contribution in [0, 0.1) is 0 Å². The number of carbonyl (C=O) groups is 1. The van der Waals surface area contributed by atoms with Crippen LogP contribution in [0.5, 0.6) is 0 Å². The van der Waals surface area contributed by atoms with Crippen molar-refractivity contribution in [3.05, 3.63) is 23.9 Å². The Labute approximate surface area is 69.1 Å². The van der Waals surface area contributed by atoms with E-state index in [4.69, 9.17) is 0 Å². The molecule has 1 aliphatic heterocycles. The lowest BCUT2D eigenvalue weighted by Gasteiger charge is -1.95. The van der Waals surface area contributed by atoms with Crippen LogP contribution in [0.15, 0.2) is 39.4 Å². The molecular weight excluding hydrogens is 158 g/mol. The molecule has 0 amide bonds. The Bertz CT molecular complexity index is 289. The van der Waals surface area contributed by atoms with Crippen LogP contribution in [0.1, 0.15) is 0 Å². The number of ether oxygens (including phenoxy) is 1. The zero-order valence-electron chi connectivity index (χ0n) is 6.47. The van der Waals surface area contributed by atoms with E-state index in [1.165, 1.54) is 19.4 Å². The van der Waals surface area contributed by atoms with Gasteiger partial charge in [0.25, 0.3) is 0 Å². The van der Waals surface area contributed by atoms with Gasteiger partial charge >= 0.3 is 5.97 Å². The van der Waals surface area contributed by atoms with Gasteiger partial charge in [0, 0.05) is 0 Å². The van der Waals surface area contributed by atoms with Gasteiger partial charge in [0.05, 0.1) is 13.3 Å². The van der Waals surface area contributed by atoms with Crippen molar-refractivity contribution >= 4 is 12.2 Å². The van der Waals surface area contributed by atoms with E-state index in [2.05, 4.69) is 20.2 Å². The summed E-state index contributed by atoms with van der Waals surface area (Å²) in [6.45, 7) is 0. The molecule has 0 saturated carbocycles. The van der Waals surface area contributed by atoms with Crippen molar-refractivity contribution in [2.75, 3.05) is 7.11 Å². The van der Waals surface area contributed by atoms with Crippen LogP contribution in [0.25, 0.3) is 0 Å². The molecule has 62 valence electrons. The molecule has 0 saturated heterocycles. The van der Waals surface area contributed by atoms with Gasteiger partial charge in [-0.2, -0.15) is 0 Å². The molecule has 0 aromatic rings. The lowest BCUT2D eigenvalue weighted by molar-refractivity contribution is -0.136. The Kier molecular flexibility index (Phi) is 2.89. The van der Waals surface area contributed by atoms with Crippen LogP contribution in [0.3, 0.4) is 0 Å². The summed E-state index contributed by atoms with van der Waals surface area (Å²) in [6, 6.07) is 0. The topological polar surface area (TPSA) is 63.4 Å². The van der Waals surface area contributed by atoms with Gasteiger partial charge < -0.3 is 4.74 Å². The molecule has 0 aromatic heterocycles. The minimum atomic E-state index is -0.527. The molecular formula is C7H7N3O2. The molecule has 5 nitrogen and oxygen atoms in total. The molecule has 1 aliphatic rings. The van der Waals surface area contributed by atoms with Gasteiger partial charge in [0.1, 0.15) is 0 Å². The molecule has 0 spiro atoms. The Morgan fingerprint density at radius 1 is 1.50 bits per heavy atom. The number of esters is 1. The standard InChI is InChI=1S/C7H7N3O2/c1-12-7(11)6-4-2-3-5-8-10-9-6/h2-5H,1H3/b3-2-,4-2?,5-3?,6-4-,8-5-,9-6?,10-8?,10-9-. The molecule has 12 heavy (non-hydrogen) atoms. The largest absolute Gasteiger partial charge is 0.464 e. The molecule has 0 unspecified atom stereocenters. The first-order valence-corrected chi connectivity index (χ1v) is 3.24. The Hall–Kier alpha value is -1.78. The third kappa shape index (κ3) is 2.12. The average molecular weight is 165 g/mol. The number of rotatable bonds is 1. The van der Waals surface area contributed by atoms with Gasteiger partial charge in [-0.05, 0) is 17.4 Å². The number of nitrogens with zero attached hydrogens (tertiary/aromatic N) is 3. The fraction of sp³-hybridized carbons (Fsp3) is 0.143. The first-order chi connectivity index (χ1) is 5.84. The maximum atomic E-state index is 10.9. The highest BCUT2D eigenvalue weighted by Crippen LogP contribution is 2.02. The molecule has 5 heteroatoms. The zero-order chi connectivity index (χ0) is 8.81. The van der Waals surface area contributed by atoms with Crippen molar-refractivity contribution in [2.45, 2.75) is 0 Å². The predicted molar refractivity (Wildman–Crippen MR) is 42.6 cm³/mol. The van der Waals surface area contributed by atoms with Crippen molar-refractivity contribution in [3.63, 3.8) is 0 Å². The lowest BCUT2D eigenvalue weighted by atomic mass is 10.4. The highest BCUT2D eigenvalue weighted by molar-refractivity contribution is 5.88. The van der Waals surface area contributed by atoms with Gasteiger partial charge in [-0.25, -0.2) is 4.79 Å². The maximum absolute atomic E-state index is 10.9. The Balaban J connectivity index is 2.82.